The van der Waals surface area contributed by atoms with Gasteiger partial charge in [-0.3, -0.25) is 0 Å². The second kappa shape index (κ2) is 184. The van der Waals surface area contributed by atoms with Crippen LogP contribution in [0.4, 0.5) is 0 Å². The summed E-state index contributed by atoms with van der Waals surface area (Å²) in [6.07, 6.45) is 0. The van der Waals surface area contributed by atoms with E-state index in [4.69, 9.17) is 0 Å². The topological polar surface area (TPSA) is 252 Å². The van der Waals surface area contributed by atoms with E-state index < -0.39 is 0 Å². The molecule has 16 N–H and O–H groups in total. The smallest absolute Gasteiger partial charge is 0 e. The minimum Gasteiger partial charge on any atom is -0.412 e. The Kier molecular flexibility index (Phi) is 2840. The molecule has 8 nitrogen and oxygen atoms in total. The fourth-order valence-electron chi connectivity index (χ4n) is 0. The van der Waals surface area contributed by atoms with Gasteiger partial charge in [0, 0.05) is 192 Å². The Labute approximate surface area is 229 Å². The largest absolute Gasteiger partial charge is 0.412 e. The predicted molar refractivity (Wildman–Crippen MR) is 63.4 cm³/mol. The van der Waals surface area contributed by atoms with Crippen LogP contribution in [0.15, 0.2) is 0 Å². The second-order valence-corrected chi connectivity index (χ2v) is 0. The van der Waals surface area contributed by atoms with Gasteiger partial charge in [-0.25, -0.2) is 0 Å². The Balaban J connectivity index is 0. The predicted octanol–water partition coefficient (Wildman–Crippen LogP) is -8.88. The molecule has 0 bridgehead atoms. The SMILES string of the molecule is O.O.O.O.O.O.O.O.[Ba].[Ba].[Ba].[Mg].[Si].[Si]. The third-order valence-corrected chi connectivity index (χ3v) is 0. The fourth-order valence-corrected chi connectivity index (χ4v) is 0. The monoisotopic (exact) mass is 638 g/mol. The number of rotatable bonds is 0. The molecule has 80 valence electrons. The first-order valence-corrected chi connectivity index (χ1v) is 0. The zero-order valence-corrected chi connectivity index (χ0v) is 24.6. The Morgan fingerprint density at radius 2 is 0.286 bits per heavy atom. The number of hydrogen-bond acceptors (Lipinski definition) is 0. The van der Waals surface area contributed by atoms with E-state index in [1.54, 1.807) is 0 Å². The van der Waals surface area contributed by atoms with Crippen molar-refractivity contribution in [2.75, 3.05) is 0 Å². The fraction of sp³-hybridized carbons (Fsp3) is 0. The molecular formula is H16Ba3MgO8Si2. The van der Waals surface area contributed by atoms with Crippen LogP contribution in [0, 0.1) is 0 Å². The summed E-state index contributed by atoms with van der Waals surface area (Å²) in [5.41, 5.74) is 0. The zero-order chi connectivity index (χ0) is 0. The molecule has 0 saturated heterocycles. The van der Waals surface area contributed by atoms with Gasteiger partial charge in [-0.1, -0.05) is 0 Å². The minimum absolute atomic E-state index is 0. The van der Waals surface area contributed by atoms with Gasteiger partial charge < -0.3 is 43.8 Å². The van der Waals surface area contributed by atoms with Gasteiger partial charge in [0.25, 0.3) is 0 Å². The summed E-state index contributed by atoms with van der Waals surface area (Å²) in [6.45, 7) is 0. The summed E-state index contributed by atoms with van der Waals surface area (Å²) in [5, 5.41) is 0. The van der Waals surface area contributed by atoms with Crippen LogP contribution in [0.1, 0.15) is 0 Å². The van der Waals surface area contributed by atoms with Gasteiger partial charge in [-0.15, -0.1) is 0 Å². The van der Waals surface area contributed by atoms with Crippen LogP contribution < -0.4 is 0 Å². The molecule has 0 fully saturated rings. The molecule has 0 spiro atoms. The van der Waals surface area contributed by atoms with Crippen molar-refractivity contribution >= 4 is 192 Å². The zero-order valence-electron chi connectivity index (χ0n) is 7.83. The first-order chi connectivity index (χ1) is 0. The first kappa shape index (κ1) is 216. The van der Waals surface area contributed by atoms with Gasteiger partial charge in [0.15, 0.2) is 0 Å². The van der Waals surface area contributed by atoms with Crippen LogP contribution >= 0.6 is 0 Å². The van der Waals surface area contributed by atoms with E-state index in [1.807, 2.05) is 0 Å². The van der Waals surface area contributed by atoms with E-state index in [2.05, 4.69) is 0 Å². The Morgan fingerprint density at radius 1 is 0.286 bits per heavy atom. The van der Waals surface area contributed by atoms with E-state index in [1.165, 1.54) is 0 Å². The van der Waals surface area contributed by atoms with Crippen LogP contribution in [0.5, 0.6) is 0 Å². The molecule has 0 aromatic carbocycles. The first-order valence-electron chi connectivity index (χ1n) is 0. The van der Waals surface area contributed by atoms with Crippen molar-refractivity contribution in [3.63, 3.8) is 0 Å². The molecule has 0 aromatic heterocycles. The van der Waals surface area contributed by atoms with E-state index in [0.717, 1.165) is 0 Å². The molecule has 0 aliphatic heterocycles. The molecule has 0 saturated carbocycles. The average molecular weight is 637 g/mol. The van der Waals surface area contributed by atoms with Crippen LogP contribution in [0.3, 0.4) is 0 Å². The molecule has 16 radical (unpaired) electrons. The average Bonchev–Trinajstić information content (AvgIpc) is 0. The molecule has 0 amide bonds. The van der Waals surface area contributed by atoms with Crippen molar-refractivity contribution < 1.29 is 43.8 Å². The van der Waals surface area contributed by atoms with Gasteiger partial charge in [0.05, 0.1) is 0 Å². The van der Waals surface area contributed by atoms with Crippen LogP contribution in [0.25, 0.3) is 0 Å². The summed E-state index contributed by atoms with van der Waals surface area (Å²) in [4.78, 5) is 0. The Hall–Kier alpha value is 5.59. The van der Waals surface area contributed by atoms with Crippen molar-refractivity contribution in [3.8, 4) is 0 Å². The molecule has 0 atom stereocenters. The van der Waals surface area contributed by atoms with Gasteiger partial charge in [0.1, 0.15) is 0 Å². The minimum atomic E-state index is 0. The third kappa shape index (κ3) is 155. The number of hydrogen-bond donors (Lipinski definition) is 0. The van der Waals surface area contributed by atoms with Gasteiger partial charge in [0.2, 0.25) is 0 Å². The molecule has 0 heterocycles. The van der Waals surface area contributed by atoms with E-state index in [9.17, 15) is 0 Å². The van der Waals surface area contributed by atoms with Crippen LogP contribution in [-0.4, -0.2) is 235 Å². The summed E-state index contributed by atoms with van der Waals surface area (Å²) in [5.74, 6) is 0. The van der Waals surface area contributed by atoms with Crippen molar-refractivity contribution in [2.45, 2.75) is 0 Å². The maximum absolute atomic E-state index is 0. The van der Waals surface area contributed by atoms with Crippen molar-refractivity contribution in [1.29, 1.82) is 0 Å². The molecule has 0 aliphatic carbocycles. The van der Waals surface area contributed by atoms with Crippen LogP contribution in [0.2, 0.25) is 0 Å². The molecule has 14 heteroatoms. The van der Waals surface area contributed by atoms with E-state index >= 15 is 0 Å². The van der Waals surface area contributed by atoms with Gasteiger partial charge >= 0.3 is 0 Å². The van der Waals surface area contributed by atoms with Crippen LogP contribution in [-0.2, 0) is 0 Å². The quantitative estimate of drug-likeness (QED) is 0.225. The summed E-state index contributed by atoms with van der Waals surface area (Å²) >= 11 is 0. The Bertz CT molecular complexity index is 22.5. The van der Waals surface area contributed by atoms with E-state index in [0.29, 0.717) is 0 Å². The summed E-state index contributed by atoms with van der Waals surface area (Å²) in [6, 6.07) is 0. The molecule has 0 aliphatic rings. The molecule has 0 unspecified atom stereocenters. The van der Waals surface area contributed by atoms with Crippen molar-refractivity contribution in [2.24, 2.45) is 0 Å². The Morgan fingerprint density at radius 3 is 0.286 bits per heavy atom. The maximum Gasteiger partial charge on any atom is 0 e. The second-order valence-electron chi connectivity index (χ2n) is 0. The standard InChI is InChI=1S/3Ba.Mg.8H2O.2Si/h;;;;8*1H2;;. The van der Waals surface area contributed by atoms with Crippen molar-refractivity contribution in [3.05, 3.63) is 0 Å². The normalized spacial score (nSPS) is 0. The molecule has 0 aromatic rings. The van der Waals surface area contributed by atoms with Gasteiger partial charge in [-0.05, 0) is 0 Å². The molecule has 0 rings (SSSR count). The maximum atomic E-state index is 0. The summed E-state index contributed by atoms with van der Waals surface area (Å²) in [7, 11) is 0. The molecule has 14 heavy (non-hydrogen) atoms. The third-order valence-electron chi connectivity index (χ3n) is 0. The van der Waals surface area contributed by atoms with Crippen molar-refractivity contribution in [1.82, 2.24) is 0 Å². The molecular weight excluding hydrogens is 620 g/mol. The van der Waals surface area contributed by atoms with E-state index in [-0.39, 0.29) is 235 Å². The summed E-state index contributed by atoms with van der Waals surface area (Å²) < 4.78 is 0. The van der Waals surface area contributed by atoms with Gasteiger partial charge in [-0.2, -0.15) is 0 Å².